The Kier molecular flexibility index (Phi) is 51.6. The van der Waals surface area contributed by atoms with Gasteiger partial charge >= 0.3 is 46.0 Å². The van der Waals surface area contributed by atoms with Crippen molar-refractivity contribution in [2.24, 2.45) is 0 Å². The number of rotatable bonds is 0. The van der Waals surface area contributed by atoms with Crippen molar-refractivity contribution in [1.82, 2.24) is 0 Å². The molecule has 40 valence electrons. The van der Waals surface area contributed by atoms with E-state index in [1.54, 1.807) is 0 Å². The molecule has 0 amide bonds. The van der Waals surface area contributed by atoms with E-state index in [9.17, 15) is 0 Å². The van der Waals surface area contributed by atoms with Gasteiger partial charge < -0.3 is 15.3 Å². The van der Waals surface area contributed by atoms with E-state index in [4.69, 9.17) is 14.4 Å². The summed E-state index contributed by atoms with van der Waals surface area (Å²) in [4.78, 5) is 14.3. The van der Waals surface area contributed by atoms with Crippen LogP contribution in [0.25, 0.3) is 0 Å². The van der Waals surface area contributed by atoms with E-state index in [1.165, 1.54) is 0 Å². The summed E-state index contributed by atoms with van der Waals surface area (Å²) in [7, 11) is -3.13. The Balaban J connectivity index is -0.0000000150. The normalized spacial score (nSPS) is 5.00. The first kappa shape index (κ1) is 23.0. The summed E-state index contributed by atoms with van der Waals surface area (Å²) in [5, 5.41) is 0. The molecular weight excluding hydrogens is 200 g/mol. The molecule has 4 N–H and O–H groups in total. The molecule has 0 unspecified atom stereocenters. The van der Waals surface area contributed by atoms with Gasteiger partial charge in [0, 0.05) is 19.5 Å². The minimum Gasteiger partial charge on any atom is 0 e. The van der Waals surface area contributed by atoms with Crippen LogP contribution in [0.1, 0.15) is 0 Å². The van der Waals surface area contributed by atoms with Crippen LogP contribution >= 0.6 is 8.25 Å². The molecule has 0 aromatic heterocycles. The number of hydrogen-bond donors (Lipinski definition) is 2. The summed E-state index contributed by atoms with van der Waals surface area (Å²) >= 11 is 0. The first-order valence-corrected chi connectivity index (χ1v) is 1.95. The SMILES string of the molecule is O.O=[PH](O)O.[CaH2].[Zn]. The van der Waals surface area contributed by atoms with Gasteiger partial charge in [-0.05, 0) is 0 Å². The summed E-state index contributed by atoms with van der Waals surface area (Å²) in [6.45, 7) is 0. The second kappa shape index (κ2) is 15.7. The molecule has 0 spiro atoms. The second-order valence-corrected chi connectivity index (χ2v) is 0.848. The standard InChI is InChI=1S/Ca.H3O3P.H2O.Zn.2H/c;1-4(2)3;;;;/h;4H,(H2,1,2,3);1H2;;;. The minimum absolute atomic E-state index is 0. The zero-order valence-corrected chi connectivity index (χ0v) is 6.98. The Labute approximate surface area is 84.3 Å². The maximum absolute atomic E-state index is 8.74. The molecule has 0 aromatic rings. The quantitative estimate of drug-likeness (QED) is 0.343. The van der Waals surface area contributed by atoms with Crippen molar-refractivity contribution in [2.45, 2.75) is 0 Å². The third kappa shape index (κ3) is 72.3. The molecule has 7 heteroatoms. The predicted octanol–water partition coefficient (Wildman–Crippen LogP) is -2.38. The van der Waals surface area contributed by atoms with Crippen molar-refractivity contribution in [3.8, 4) is 0 Å². The maximum atomic E-state index is 8.74. The van der Waals surface area contributed by atoms with Gasteiger partial charge in [0.25, 0.3) is 0 Å². The van der Waals surface area contributed by atoms with Crippen molar-refractivity contribution in [3.63, 3.8) is 0 Å². The first-order valence-electron chi connectivity index (χ1n) is 0.651. The summed E-state index contributed by atoms with van der Waals surface area (Å²) in [5.41, 5.74) is 0. The Bertz CT molecular complexity index is 34.7. The van der Waals surface area contributed by atoms with Crippen LogP contribution in [0.4, 0.5) is 0 Å². The zero-order valence-electron chi connectivity index (χ0n) is 3.01. The van der Waals surface area contributed by atoms with Crippen molar-refractivity contribution in [2.75, 3.05) is 0 Å². The summed E-state index contributed by atoms with van der Waals surface area (Å²) in [6.07, 6.45) is 0. The van der Waals surface area contributed by atoms with Crippen molar-refractivity contribution < 1.29 is 39.3 Å². The molecule has 0 saturated heterocycles. The summed E-state index contributed by atoms with van der Waals surface area (Å²) in [6, 6.07) is 0. The molecule has 0 aromatic carbocycles. The van der Waals surface area contributed by atoms with Crippen molar-refractivity contribution in [3.05, 3.63) is 0 Å². The van der Waals surface area contributed by atoms with Gasteiger partial charge in [0.1, 0.15) is 0 Å². The molecule has 0 radical (unpaired) electrons. The number of hydrogen-bond acceptors (Lipinski definition) is 1. The largest absolute Gasteiger partial charge is 0 e. The van der Waals surface area contributed by atoms with E-state index >= 15 is 0 Å². The van der Waals surface area contributed by atoms with Crippen LogP contribution in [0.5, 0.6) is 0 Å². The Morgan fingerprint density at radius 2 is 1.29 bits per heavy atom. The summed E-state index contributed by atoms with van der Waals surface area (Å²) < 4.78 is 8.74. The Morgan fingerprint density at radius 3 is 1.29 bits per heavy atom. The maximum Gasteiger partial charge on any atom is 0 e. The van der Waals surface area contributed by atoms with Crippen molar-refractivity contribution >= 4 is 46.0 Å². The van der Waals surface area contributed by atoms with Gasteiger partial charge in [-0.3, -0.25) is 4.57 Å². The van der Waals surface area contributed by atoms with Gasteiger partial charge in [-0.25, -0.2) is 0 Å². The van der Waals surface area contributed by atoms with Crippen LogP contribution < -0.4 is 0 Å². The van der Waals surface area contributed by atoms with Gasteiger partial charge in [-0.15, -0.1) is 0 Å². The molecular formula is H7CaO4PZn. The van der Waals surface area contributed by atoms with Crippen LogP contribution in [-0.4, -0.2) is 53.0 Å². The second-order valence-electron chi connectivity index (χ2n) is 0.283. The molecule has 0 bridgehead atoms. The topological polar surface area (TPSA) is 89.0 Å². The van der Waals surface area contributed by atoms with Crippen LogP contribution in [0.2, 0.25) is 0 Å². The fraction of sp³-hybridized carbons (Fsp3) is 0. The van der Waals surface area contributed by atoms with E-state index in [2.05, 4.69) is 0 Å². The van der Waals surface area contributed by atoms with Gasteiger partial charge in [0.05, 0.1) is 0 Å². The zero-order chi connectivity index (χ0) is 3.58. The molecule has 0 aliphatic heterocycles. The average molecular weight is 207 g/mol. The van der Waals surface area contributed by atoms with Crippen LogP contribution in [0.3, 0.4) is 0 Å². The van der Waals surface area contributed by atoms with Crippen LogP contribution in [0, 0.1) is 0 Å². The fourth-order valence-corrected chi connectivity index (χ4v) is 0. The molecule has 0 atom stereocenters. The molecule has 4 nitrogen and oxygen atoms in total. The molecule has 0 heterocycles. The van der Waals surface area contributed by atoms with E-state index in [0.29, 0.717) is 0 Å². The predicted molar refractivity (Wildman–Crippen MR) is 25.6 cm³/mol. The van der Waals surface area contributed by atoms with Gasteiger partial charge in [0.15, 0.2) is 0 Å². The van der Waals surface area contributed by atoms with Crippen LogP contribution in [0.15, 0.2) is 0 Å². The van der Waals surface area contributed by atoms with Gasteiger partial charge in [-0.2, -0.15) is 0 Å². The van der Waals surface area contributed by atoms with Gasteiger partial charge in [0.2, 0.25) is 0 Å². The van der Waals surface area contributed by atoms with Crippen molar-refractivity contribution in [1.29, 1.82) is 0 Å². The average Bonchev–Trinajstić information content (AvgIpc) is 0.811. The molecule has 0 rings (SSSR count). The van der Waals surface area contributed by atoms with E-state index in [0.717, 1.165) is 0 Å². The molecule has 0 aliphatic rings. The van der Waals surface area contributed by atoms with E-state index in [-0.39, 0.29) is 62.7 Å². The Hall–Kier alpha value is 1.99. The van der Waals surface area contributed by atoms with E-state index in [1.807, 2.05) is 0 Å². The third-order valence-electron chi connectivity index (χ3n) is 0. The minimum atomic E-state index is -3.13. The van der Waals surface area contributed by atoms with E-state index < -0.39 is 8.25 Å². The van der Waals surface area contributed by atoms with Gasteiger partial charge in [-0.1, -0.05) is 0 Å². The fourth-order valence-electron chi connectivity index (χ4n) is 0. The first-order chi connectivity index (χ1) is 1.73. The molecule has 0 aliphatic carbocycles. The van der Waals surface area contributed by atoms with Crippen LogP contribution in [-0.2, 0) is 24.0 Å². The molecule has 0 saturated carbocycles. The summed E-state index contributed by atoms with van der Waals surface area (Å²) in [5.74, 6) is 0. The third-order valence-corrected chi connectivity index (χ3v) is 0. The molecule has 0 fully saturated rings. The smallest absolute Gasteiger partial charge is 0 e. The monoisotopic (exact) mass is 206 g/mol. The molecule has 7 heavy (non-hydrogen) atoms. The Morgan fingerprint density at radius 1 is 1.29 bits per heavy atom.